The molecule has 0 aromatic rings. The van der Waals surface area contributed by atoms with Gasteiger partial charge >= 0.3 is 12.0 Å². The van der Waals surface area contributed by atoms with Gasteiger partial charge in [0.2, 0.25) is 0 Å². The van der Waals surface area contributed by atoms with E-state index >= 15 is 0 Å². The number of ether oxygens (including phenoxy) is 1. The van der Waals surface area contributed by atoms with E-state index in [2.05, 4.69) is 10.6 Å². The fourth-order valence-corrected chi connectivity index (χ4v) is 2.58. The van der Waals surface area contributed by atoms with Crippen molar-refractivity contribution in [1.29, 1.82) is 0 Å². The van der Waals surface area contributed by atoms with Crippen LogP contribution in [0.15, 0.2) is 0 Å². The summed E-state index contributed by atoms with van der Waals surface area (Å²) in [4.78, 5) is 23.1. The Morgan fingerprint density at radius 2 is 1.85 bits per heavy atom. The van der Waals surface area contributed by atoms with Crippen LogP contribution in [0.2, 0.25) is 0 Å². The number of carboxylic acids is 1. The van der Waals surface area contributed by atoms with Crippen molar-refractivity contribution in [2.45, 2.75) is 44.9 Å². The maximum atomic E-state index is 11.6. The highest BCUT2D eigenvalue weighted by Crippen LogP contribution is 2.35. The fraction of sp³-hybridized carbons (Fsp3) is 0.857. The Morgan fingerprint density at radius 1 is 1.15 bits per heavy atom. The number of rotatable bonds is 8. The Balaban J connectivity index is 2.25. The maximum absolute atomic E-state index is 11.6. The van der Waals surface area contributed by atoms with Gasteiger partial charge in [-0.2, -0.15) is 0 Å². The van der Waals surface area contributed by atoms with Crippen molar-refractivity contribution in [2.24, 2.45) is 5.41 Å². The molecule has 0 unspecified atom stereocenters. The summed E-state index contributed by atoms with van der Waals surface area (Å²) in [5.41, 5.74) is -0.772. The third-order valence-corrected chi connectivity index (χ3v) is 3.91. The normalized spacial score (nSPS) is 17.4. The van der Waals surface area contributed by atoms with Gasteiger partial charge in [0, 0.05) is 26.8 Å². The van der Waals surface area contributed by atoms with E-state index in [1.165, 1.54) is 0 Å². The summed E-state index contributed by atoms with van der Waals surface area (Å²) < 4.78 is 4.92. The molecule has 0 aromatic heterocycles. The van der Waals surface area contributed by atoms with Crippen LogP contribution in [0.5, 0.6) is 0 Å². The van der Waals surface area contributed by atoms with Gasteiger partial charge in [-0.15, -0.1) is 0 Å². The lowest BCUT2D eigenvalue weighted by Crippen LogP contribution is -2.47. The van der Waals surface area contributed by atoms with E-state index in [4.69, 9.17) is 4.74 Å². The smallest absolute Gasteiger partial charge is 0.314 e. The third kappa shape index (κ3) is 5.36. The van der Waals surface area contributed by atoms with Crippen molar-refractivity contribution in [2.75, 3.05) is 26.8 Å². The molecule has 0 radical (unpaired) electrons. The van der Waals surface area contributed by atoms with E-state index in [1.54, 1.807) is 7.11 Å². The second-order valence-corrected chi connectivity index (χ2v) is 5.46. The molecule has 6 heteroatoms. The molecule has 0 bridgehead atoms. The third-order valence-electron chi connectivity index (χ3n) is 3.91. The van der Waals surface area contributed by atoms with Crippen LogP contribution in [0.1, 0.15) is 44.9 Å². The summed E-state index contributed by atoms with van der Waals surface area (Å²) in [5, 5.41) is 14.8. The first-order chi connectivity index (χ1) is 9.60. The number of carboxylic acid groups (broad SMARTS) is 1. The quantitative estimate of drug-likeness (QED) is 0.593. The minimum absolute atomic E-state index is 0.215. The molecule has 1 rings (SSSR count). The van der Waals surface area contributed by atoms with Crippen LogP contribution in [-0.2, 0) is 9.53 Å². The zero-order valence-electron chi connectivity index (χ0n) is 12.2. The monoisotopic (exact) mass is 286 g/mol. The molecule has 2 amide bonds. The van der Waals surface area contributed by atoms with Crippen LogP contribution in [0.25, 0.3) is 0 Å². The molecule has 3 N–H and O–H groups in total. The Hall–Kier alpha value is -1.30. The van der Waals surface area contributed by atoms with Crippen molar-refractivity contribution < 1.29 is 19.4 Å². The van der Waals surface area contributed by atoms with E-state index in [0.717, 1.165) is 32.1 Å². The number of urea groups is 1. The summed E-state index contributed by atoms with van der Waals surface area (Å²) in [6, 6.07) is -0.284. The van der Waals surface area contributed by atoms with Crippen LogP contribution < -0.4 is 10.6 Å². The summed E-state index contributed by atoms with van der Waals surface area (Å²) in [5.74, 6) is -0.794. The second-order valence-electron chi connectivity index (χ2n) is 5.46. The zero-order valence-corrected chi connectivity index (χ0v) is 12.2. The molecule has 20 heavy (non-hydrogen) atoms. The molecule has 0 aromatic carbocycles. The number of carbonyl (C=O) groups excluding carboxylic acids is 1. The number of methoxy groups -OCH3 is 1. The molecular weight excluding hydrogens is 260 g/mol. The minimum atomic E-state index is -0.794. The van der Waals surface area contributed by atoms with E-state index in [1.807, 2.05) is 0 Å². The van der Waals surface area contributed by atoms with Gasteiger partial charge < -0.3 is 20.5 Å². The van der Waals surface area contributed by atoms with Crippen molar-refractivity contribution in [1.82, 2.24) is 10.6 Å². The summed E-state index contributed by atoms with van der Waals surface area (Å²) in [7, 11) is 1.65. The highest BCUT2D eigenvalue weighted by atomic mass is 16.5. The molecule has 0 saturated heterocycles. The molecule has 1 aliphatic carbocycles. The van der Waals surface area contributed by atoms with Crippen LogP contribution in [0.4, 0.5) is 4.79 Å². The predicted molar refractivity (Wildman–Crippen MR) is 75.7 cm³/mol. The highest BCUT2D eigenvalue weighted by molar-refractivity contribution is 5.78. The maximum Gasteiger partial charge on any atom is 0.314 e. The summed E-state index contributed by atoms with van der Waals surface area (Å²) in [6.45, 7) is 1.48. The summed E-state index contributed by atoms with van der Waals surface area (Å²) >= 11 is 0. The van der Waals surface area contributed by atoms with E-state index in [0.29, 0.717) is 26.0 Å². The van der Waals surface area contributed by atoms with Gasteiger partial charge in [-0.1, -0.05) is 19.3 Å². The second kappa shape index (κ2) is 8.79. The van der Waals surface area contributed by atoms with Crippen LogP contribution in [-0.4, -0.2) is 43.9 Å². The molecule has 1 saturated carbocycles. The molecular formula is C14H26N2O4. The van der Waals surface area contributed by atoms with Crippen LogP contribution >= 0.6 is 0 Å². The number of unbranched alkanes of at least 4 members (excludes halogenated alkanes) is 1. The molecule has 0 atom stereocenters. The first-order valence-corrected chi connectivity index (χ1v) is 7.35. The molecule has 6 nitrogen and oxygen atoms in total. The predicted octanol–water partition coefficient (Wildman–Crippen LogP) is 1.75. The lowest BCUT2D eigenvalue weighted by atomic mass is 9.74. The topological polar surface area (TPSA) is 87.7 Å². The van der Waals surface area contributed by atoms with Crippen LogP contribution in [0, 0.1) is 5.41 Å². The summed E-state index contributed by atoms with van der Waals surface area (Å²) in [6.07, 6.45) is 5.98. The molecule has 0 aliphatic heterocycles. The zero-order chi connectivity index (χ0) is 14.8. The minimum Gasteiger partial charge on any atom is -0.481 e. The number of amides is 2. The van der Waals surface area contributed by atoms with Gasteiger partial charge in [0.05, 0.1) is 5.41 Å². The van der Waals surface area contributed by atoms with E-state index in [-0.39, 0.29) is 12.6 Å². The molecule has 1 fully saturated rings. The number of nitrogens with one attached hydrogen (secondary N) is 2. The lowest BCUT2D eigenvalue weighted by Gasteiger charge is -2.33. The van der Waals surface area contributed by atoms with Crippen molar-refractivity contribution in [3.63, 3.8) is 0 Å². The Bertz CT molecular complexity index is 314. The van der Waals surface area contributed by atoms with E-state index < -0.39 is 11.4 Å². The highest BCUT2D eigenvalue weighted by Gasteiger charge is 2.39. The Kier molecular flexibility index (Phi) is 7.36. The van der Waals surface area contributed by atoms with Gasteiger partial charge in [0.15, 0.2) is 0 Å². The average molecular weight is 286 g/mol. The van der Waals surface area contributed by atoms with Gasteiger partial charge in [0.25, 0.3) is 0 Å². The Morgan fingerprint density at radius 3 is 2.45 bits per heavy atom. The average Bonchev–Trinajstić information content (AvgIpc) is 2.46. The molecule has 0 heterocycles. The standard InChI is InChI=1S/C14H26N2O4/c1-20-10-6-5-9-15-13(19)16-11-14(12(17)18)7-3-2-4-8-14/h2-11H2,1H3,(H,17,18)(H2,15,16,19). The largest absolute Gasteiger partial charge is 0.481 e. The van der Waals surface area contributed by atoms with Crippen LogP contribution in [0.3, 0.4) is 0 Å². The SMILES string of the molecule is COCCCCNC(=O)NCC1(C(=O)O)CCCCC1. The van der Waals surface area contributed by atoms with Gasteiger partial charge in [-0.25, -0.2) is 4.79 Å². The Labute approximate surface area is 120 Å². The van der Waals surface area contributed by atoms with Crippen molar-refractivity contribution in [3.05, 3.63) is 0 Å². The molecule has 0 spiro atoms. The van der Waals surface area contributed by atoms with Crippen molar-refractivity contribution in [3.8, 4) is 0 Å². The van der Waals surface area contributed by atoms with Gasteiger partial charge in [0.1, 0.15) is 0 Å². The first kappa shape index (κ1) is 16.8. The fourth-order valence-electron chi connectivity index (χ4n) is 2.58. The first-order valence-electron chi connectivity index (χ1n) is 7.35. The number of aliphatic carboxylic acids is 1. The number of hydrogen-bond donors (Lipinski definition) is 3. The number of carbonyl (C=O) groups is 2. The molecule has 116 valence electrons. The van der Waals surface area contributed by atoms with Crippen molar-refractivity contribution >= 4 is 12.0 Å². The van der Waals surface area contributed by atoms with Gasteiger partial charge in [-0.3, -0.25) is 4.79 Å². The van der Waals surface area contributed by atoms with Gasteiger partial charge in [-0.05, 0) is 25.7 Å². The van der Waals surface area contributed by atoms with E-state index in [9.17, 15) is 14.7 Å². The molecule has 1 aliphatic rings. The number of hydrogen-bond acceptors (Lipinski definition) is 3. The lowest BCUT2D eigenvalue weighted by molar-refractivity contribution is -0.150.